The first-order valence-corrected chi connectivity index (χ1v) is 6.38. The number of rotatable bonds is 4. The topological polar surface area (TPSA) is 29.3 Å². The Morgan fingerprint density at radius 1 is 1.29 bits per heavy atom. The highest BCUT2D eigenvalue weighted by molar-refractivity contribution is 5.40. The second-order valence-electron chi connectivity index (χ2n) is 4.95. The summed E-state index contributed by atoms with van der Waals surface area (Å²) < 4.78 is 13.1. The summed E-state index contributed by atoms with van der Waals surface area (Å²) >= 11 is 0. The van der Waals surface area contributed by atoms with Crippen LogP contribution >= 0.6 is 0 Å². The number of halogens is 1. The van der Waals surface area contributed by atoms with Crippen LogP contribution in [0.15, 0.2) is 24.3 Å². The van der Waals surface area contributed by atoms with Gasteiger partial charge in [0.1, 0.15) is 0 Å². The molecule has 0 aliphatic carbocycles. The number of anilines is 1. The fourth-order valence-corrected chi connectivity index (χ4v) is 2.74. The minimum atomic E-state index is -0.227. The molecule has 0 radical (unpaired) electrons. The van der Waals surface area contributed by atoms with Crippen LogP contribution in [0, 0.1) is 5.92 Å². The number of nitrogens with zero attached hydrogens (tertiary/aromatic N) is 1. The van der Waals surface area contributed by atoms with E-state index in [1.165, 1.54) is 5.56 Å². The standard InChI is InChI=1S/C14H21FN2/c1-2-7-17-9-12(8-15)14(10-17)11-3-5-13(16)6-4-11/h3-6,12,14H,2,7-10,16H2,1H3/t12-,14?/m0/s1. The summed E-state index contributed by atoms with van der Waals surface area (Å²) in [6.45, 7) is 4.88. The van der Waals surface area contributed by atoms with Gasteiger partial charge in [-0.25, -0.2) is 0 Å². The first-order valence-electron chi connectivity index (χ1n) is 6.38. The van der Waals surface area contributed by atoms with Gasteiger partial charge in [0.15, 0.2) is 0 Å². The van der Waals surface area contributed by atoms with E-state index in [9.17, 15) is 4.39 Å². The normalized spacial score (nSPS) is 25.3. The average molecular weight is 236 g/mol. The van der Waals surface area contributed by atoms with Crippen molar-refractivity contribution in [2.24, 2.45) is 5.92 Å². The molecule has 1 aliphatic rings. The van der Waals surface area contributed by atoms with Crippen LogP contribution in [-0.4, -0.2) is 31.2 Å². The molecule has 94 valence electrons. The van der Waals surface area contributed by atoms with E-state index < -0.39 is 0 Å². The first kappa shape index (κ1) is 12.4. The Hall–Kier alpha value is -1.09. The van der Waals surface area contributed by atoms with E-state index >= 15 is 0 Å². The molecule has 2 N–H and O–H groups in total. The predicted molar refractivity (Wildman–Crippen MR) is 69.8 cm³/mol. The third-order valence-electron chi connectivity index (χ3n) is 3.62. The molecule has 0 bridgehead atoms. The molecule has 1 saturated heterocycles. The molecular weight excluding hydrogens is 215 g/mol. The van der Waals surface area contributed by atoms with Gasteiger partial charge in [-0.1, -0.05) is 19.1 Å². The van der Waals surface area contributed by atoms with Gasteiger partial charge < -0.3 is 10.6 Å². The van der Waals surface area contributed by atoms with Crippen LogP contribution in [-0.2, 0) is 0 Å². The van der Waals surface area contributed by atoms with Crippen molar-refractivity contribution in [3.63, 3.8) is 0 Å². The molecule has 0 saturated carbocycles. The number of hydrogen-bond donors (Lipinski definition) is 1. The van der Waals surface area contributed by atoms with Gasteiger partial charge in [-0.15, -0.1) is 0 Å². The van der Waals surface area contributed by atoms with Crippen LogP contribution in [0.4, 0.5) is 10.1 Å². The highest BCUT2D eigenvalue weighted by Crippen LogP contribution is 2.33. The number of nitrogen functional groups attached to an aromatic ring is 1. The monoisotopic (exact) mass is 236 g/mol. The number of likely N-dealkylation sites (tertiary alicyclic amines) is 1. The Morgan fingerprint density at radius 2 is 2.00 bits per heavy atom. The van der Waals surface area contributed by atoms with E-state index in [4.69, 9.17) is 5.73 Å². The highest BCUT2D eigenvalue weighted by atomic mass is 19.1. The molecule has 1 fully saturated rings. The Bertz CT molecular complexity index is 350. The van der Waals surface area contributed by atoms with E-state index in [-0.39, 0.29) is 12.6 Å². The van der Waals surface area contributed by atoms with Crippen LogP contribution in [0.3, 0.4) is 0 Å². The molecule has 1 aromatic carbocycles. The van der Waals surface area contributed by atoms with Crippen LogP contribution in [0.5, 0.6) is 0 Å². The van der Waals surface area contributed by atoms with E-state index in [2.05, 4.69) is 11.8 Å². The quantitative estimate of drug-likeness (QED) is 0.814. The zero-order valence-corrected chi connectivity index (χ0v) is 10.4. The minimum Gasteiger partial charge on any atom is -0.399 e. The zero-order chi connectivity index (χ0) is 12.3. The fraction of sp³-hybridized carbons (Fsp3) is 0.571. The Morgan fingerprint density at radius 3 is 2.59 bits per heavy atom. The number of benzene rings is 1. The van der Waals surface area contributed by atoms with E-state index in [1.54, 1.807) is 0 Å². The van der Waals surface area contributed by atoms with E-state index in [1.807, 2.05) is 24.3 Å². The smallest absolute Gasteiger partial charge is 0.0941 e. The molecule has 1 aromatic rings. The molecule has 1 aliphatic heterocycles. The van der Waals surface area contributed by atoms with Crippen LogP contribution < -0.4 is 5.73 Å². The maximum Gasteiger partial charge on any atom is 0.0941 e. The van der Waals surface area contributed by atoms with Crippen molar-refractivity contribution in [1.82, 2.24) is 4.90 Å². The lowest BCUT2D eigenvalue weighted by Crippen LogP contribution is -2.21. The summed E-state index contributed by atoms with van der Waals surface area (Å²) in [5, 5.41) is 0. The average Bonchev–Trinajstić information content (AvgIpc) is 2.74. The molecule has 2 atom stereocenters. The number of alkyl halides is 1. The summed E-state index contributed by atoms with van der Waals surface area (Å²) in [4.78, 5) is 2.37. The van der Waals surface area contributed by atoms with Crippen molar-refractivity contribution in [2.45, 2.75) is 19.3 Å². The Balaban J connectivity index is 2.11. The van der Waals surface area contributed by atoms with Gasteiger partial charge >= 0.3 is 0 Å². The van der Waals surface area contributed by atoms with Gasteiger partial charge in [-0.05, 0) is 30.7 Å². The first-order chi connectivity index (χ1) is 8.24. The van der Waals surface area contributed by atoms with Crippen molar-refractivity contribution >= 4 is 5.69 Å². The lowest BCUT2D eigenvalue weighted by Gasteiger charge is -2.16. The molecule has 1 heterocycles. The maximum absolute atomic E-state index is 13.1. The largest absolute Gasteiger partial charge is 0.399 e. The summed E-state index contributed by atoms with van der Waals surface area (Å²) in [6.07, 6.45) is 1.13. The van der Waals surface area contributed by atoms with Crippen molar-refractivity contribution in [3.8, 4) is 0 Å². The van der Waals surface area contributed by atoms with Gasteiger partial charge in [0.2, 0.25) is 0 Å². The third-order valence-corrected chi connectivity index (χ3v) is 3.62. The Labute approximate surface area is 103 Å². The van der Waals surface area contributed by atoms with Gasteiger partial charge in [0.25, 0.3) is 0 Å². The highest BCUT2D eigenvalue weighted by Gasteiger charge is 2.33. The molecule has 17 heavy (non-hydrogen) atoms. The second-order valence-corrected chi connectivity index (χ2v) is 4.95. The molecule has 3 heteroatoms. The van der Waals surface area contributed by atoms with E-state index in [0.717, 1.165) is 31.7 Å². The van der Waals surface area contributed by atoms with Gasteiger partial charge in [0, 0.05) is 30.6 Å². The maximum atomic E-state index is 13.1. The second kappa shape index (κ2) is 5.50. The molecule has 0 aromatic heterocycles. The third kappa shape index (κ3) is 2.78. The van der Waals surface area contributed by atoms with Crippen molar-refractivity contribution in [2.75, 3.05) is 32.0 Å². The summed E-state index contributed by atoms with van der Waals surface area (Å²) in [5.41, 5.74) is 7.68. The van der Waals surface area contributed by atoms with Gasteiger partial charge in [-0.2, -0.15) is 0 Å². The molecule has 0 spiro atoms. The molecule has 2 rings (SSSR count). The summed E-state index contributed by atoms with van der Waals surface area (Å²) in [6, 6.07) is 7.90. The lowest BCUT2D eigenvalue weighted by atomic mass is 9.90. The summed E-state index contributed by atoms with van der Waals surface area (Å²) in [5.74, 6) is 0.470. The van der Waals surface area contributed by atoms with Gasteiger partial charge in [-0.3, -0.25) is 4.39 Å². The molecular formula is C14H21FN2. The molecule has 2 nitrogen and oxygen atoms in total. The van der Waals surface area contributed by atoms with Crippen molar-refractivity contribution in [3.05, 3.63) is 29.8 Å². The molecule has 0 amide bonds. The van der Waals surface area contributed by atoms with Crippen LogP contribution in [0.1, 0.15) is 24.8 Å². The van der Waals surface area contributed by atoms with Crippen molar-refractivity contribution < 1.29 is 4.39 Å². The molecule has 1 unspecified atom stereocenters. The van der Waals surface area contributed by atoms with Crippen LogP contribution in [0.2, 0.25) is 0 Å². The van der Waals surface area contributed by atoms with E-state index in [0.29, 0.717) is 5.92 Å². The Kier molecular flexibility index (Phi) is 4.00. The van der Waals surface area contributed by atoms with Gasteiger partial charge in [0.05, 0.1) is 6.67 Å². The lowest BCUT2D eigenvalue weighted by molar-refractivity contribution is 0.302. The predicted octanol–water partition coefficient (Wildman–Crippen LogP) is 2.66. The van der Waals surface area contributed by atoms with Crippen LogP contribution in [0.25, 0.3) is 0 Å². The number of nitrogens with two attached hydrogens (primary N) is 1. The SMILES string of the molecule is CCCN1CC(c2ccc(N)cc2)[C@@H](CF)C1. The minimum absolute atomic E-state index is 0.144. The fourth-order valence-electron chi connectivity index (χ4n) is 2.74. The summed E-state index contributed by atoms with van der Waals surface area (Å²) in [7, 11) is 0. The van der Waals surface area contributed by atoms with Crippen molar-refractivity contribution in [1.29, 1.82) is 0 Å². The number of hydrogen-bond acceptors (Lipinski definition) is 2. The zero-order valence-electron chi connectivity index (χ0n) is 10.4.